The third-order valence-electron chi connectivity index (χ3n) is 2.93. The Kier molecular flexibility index (Phi) is 3.22. The highest BCUT2D eigenvalue weighted by Crippen LogP contribution is 2.21. The van der Waals surface area contributed by atoms with Crippen LogP contribution in [0.2, 0.25) is 0 Å². The van der Waals surface area contributed by atoms with Gasteiger partial charge in [-0.3, -0.25) is 4.79 Å². The highest BCUT2D eigenvalue weighted by atomic mass is 16.4. The molecule has 0 aliphatic heterocycles. The molecular formula is C12H12N6O3. The van der Waals surface area contributed by atoms with Crippen molar-refractivity contribution in [2.75, 3.05) is 0 Å². The largest absolute Gasteiger partial charge is 0.480 e. The first-order valence-electron chi connectivity index (χ1n) is 6.19. The Hall–Kier alpha value is -2.97. The predicted octanol–water partition coefficient (Wildman–Crippen LogP) is 0.823. The molecule has 0 fully saturated rings. The molecule has 0 bridgehead atoms. The van der Waals surface area contributed by atoms with E-state index >= 15 is 0 Å². The van der Waals surface area contributed by atoms with Crippen LogP contribution in [-0.2, 0) is 11.3 Å². The van der Waals surface area contributed by atoms with Gasteiger partial charge >= 0.3 is 5.97 Å². The molecule has 0 unspecified atom stereocenters. The maximum Gasteiger partial charge on any atom is 0.325 e. The fraction of sp³-hybridized carbons (Fsp3) is 0.250. The third kappa shape index (κ3) is 2.53. The highest BCUT2D eigenvalue weighted by Gasteiger charge is 2.21. The van der Waals surface area contributed by atoms with Crippen molar-refractivity contribution in [3.63, 3.8) is 0 Å². The molecular weight excluding hydrogens is 276 g/mol. The van der Waals surface area contributed by atoms with E-state index in [1.54, 1.807) is 16.8 Å². The number of furan rings is 1. The average Bonchev–Trinajstić information content (AvgIpc) is 3.19. The zero-order valence-corrected chi connectivity index (χ0v) is 11.1. The Morgan fingerprint density at radius 3 is 3.00 bits per heavy atom. The van der Waals surface area contributed by atoms with E-state index in [1.165, 1.54) is 23.6 Å². The Balaban J connectivity index is 2.02. The SMILES string of the molecule is C[C@@H](c1nc(-c2ccco2)nn1CC(=O)O)n1cncn1. The van der Waals surface area contributed by atoms with E-state index in [-0.39, 0.29) is 12.6 Å². The molecule has 0 aliphatic rings. The van der Waals surface area contributed by atoms with Crippen LogP contribution in [0.25, 0.3) is 11.6 Å². The number of rotatable bonds is 5. The Bertz CT molecular complexity index is 731. The van der Waals surface area contributed by atoms with Gasteiger partial charge in [-0.1, -0.05) is 0 Å². The van der Waals surface area contributed by atoms with Gasteiger partial charge in [0.05, 0.1) is 6.26 Å². The molecule has 0 amide bonds. The van der Waals surface area contributed by atoms with Crippen LogP contribution in [0.4, 0.5) is 0 Å². The molecule has 0 saturated heterocycles. The van der Waals surface area contributed by atoms with Crippen molar-refractivity contribution in [2.24, 2.45) is 0 Å². The van der Waals surface area contributed by atoms with Crippen LogP contribution in [0.15, 0.2) is 35.5 Å². The van der Waals surface area contributed by atoms with Gasteiger partial charge in [0.15, 0.2) is 11.6 Å². The van der Waals surface area contributed by atoms with Crippen molar-refractivity contribution in [3.8, 4) is 11.6 Å². The highest BCUT2D eigenvalue weighted by molar-refractivity contribution is 5.66. The van der Waals surface area contributed by atoms with E-state index in [2.05, 4.69) is 20.2 Å². The van der Waals surface area contributed by atoms with Crippen molar-refractivity contribution >= 4 is 5.97 Å². The third-order valence-corrected chi connectivity index (χ3v) is 2.93. The summed E-state index contributed by atoms with van der Waals surface area (Å²) in [5, 5.41) is 17.2. The molecule has 3 aromatic heterocycles. The fourth-order valence-corrected chi connectivity index (χ4v) is 1.95. The number of carboxylic acids is 1. The number of aliphatic carboxylic acids is 1. The topological polar surface area (TPSA) is 112 Å². The number of nitrogens with zero attached hydrogens (tertiary/aromatic N) is 6. The molecule has 0 radical (unpaired) electrons. The fourth-order valence-electron chi connectivity index (χ4n) is 1.95. The minimum Gasteiger partial charge on any atom is -0.480 e. The van der Waals surface area contributed by atoms with E-state index < -0.39 is 5.97 Å². The number of carboxylic acid groups (broad SMARTS) is 1. The molecule has 3 heterocycles. The molecule has 0 saturated carbocycles. The second-order valence-corrected chi connectivity index (χ2v) is 4.37. The standard InChI is InChI=1S/C12H12N6O3/c1-8(18-7-13-6-14-18)12-15-11(9-3-2-4-21-9)16-17(12)5-10(19)20/h2-4,6-8H,5H2,1H3,(H,19,20)/t8-/m0/s1. The van der Waals surface area contributed by atoms with Crippen LogP contribution in [0, 0.1) is 0 Å². The molecule has 0 spiro atoms. The minimum atomic E-state index is -1.00. The summed E-state index contributed by atoms with van der Waals surface area (Å²) >= 11 is 0. The van der Waals surface area contributed by atoms with Crippen molar-refractivity contribution in [1.82, 2.24) is 29.5 Å². The lowest BCUT2D eigenvalue weighted by atomic mass is 10.3. The van der Waals surface area contributed by atoms with Gasteiger partial charge in [0.1, 0.15) is 25.2 Å². The second kappa shape index (κ2) is 5.19. The Labute approximate surface area is 118 Å². The van der Waals surface area contributed by atoms with Gasteiger partial charge in [-0.05, 0) is 19.1 Å². The van der Waals surface area contributed by atoms with Gasteiger partial charge in [-0.25, -0.2) is 19.3 Å². The van der Waals surface area contributed by atoms with Crippen molar-refractivity contribution in [2.45, 2.75) is 19.5 Å². The van der Waals surface area contributed by atoms with E-state index in [1.807, 2.05) is 6.92 Å². The lowest BCUT2D eigenvalue weighted by Crippen LogP contribution is -2.18. The summed E-state index contributed by atoms with van der Waals surface area (Å²) in [6.07, 6.45) is 4.45. The molecule has 21 heavy (non-hydrogen) atoms. The van der Waals surface area contributed by atoms with E-state index in [4.69, 9.17) is 9.52 Å². The summed E-state index contributed by atoms with van der Waals surface area (Å²) in [5.41, 5.74) is 0. The van der Waals surface area contributed by atoms with Gasteiger partial charge in [0.2, 0.25) is 5.82 Å². The maximum atomic E-state index is 11.0. The van der Waals surface area contributed by atoms with Crippen LogP contribution in [0.1, 0.15) is 18.8 Å². The minimum absolute atomic E-state index is 0.290. The van der Waals surface area contributed by atoms with E-state index in [0.29, 0.717) is 17.4 Å². The summed E-state index contributed by atoms with van der Waals surface area (Å²) < 4.78 is 8.15. The molecule has 9 nitrogen and oxygen atoms in total. The Morgan fingerprint density at radius 2 is 2.38 bits per heavy atom. The molecule has 1 N–H and O–H groups in total. The Morgan fingerprint density at radius 1 is 1.52 bits per heavy atom. The normalized spacial score (nSPS) is 12.4. The predicted molar refractivity (Wildman–Crippen MR) is 69.2 cm³/mol. The zero-order valence-electron chi connectivity index (χ0n) is 11.1. The molecule has 3 aromatic rings. The first kappa shape index (κ1) is 13.0. The number of hydrogen-bond donors (Lipinski definition) is 1. The van der Waals surface area contributed by atoms with Crippen LogP contribution in [-0.4, -0.2) is 40.6 Å². The van der Waals surface area contributed by atoms with Crippen LogP contribution in [0.5, 0.6) is 0 Å². The monoisotopic (exact) mass is 288 g/mol. The van der Waals surface area contributed by atoms with Crippen molar-refractivity contribution in [3.05, 3.63) is 36.9 Å². The maximum absolute atomic E-state index is 11.0. The van der Waals surface area contributed by atoms with Gasteiger partial charge in [0, 0.05) is 0 Å². The summed E-state index contributed by atoms with van der Waals surface area (Å²) in [6.45, 7) is 1.55. The molecule has 0 aliphatic carbocycles. The van der Waals surface area contributed by atoms with Gasteiger partial charge in [-0.15, -0.1) is 5.10 Å². The summed E-state index contributed by atoms with van der Waals surface area (Å²) in [6, 6.07) is 3.13. The molecule has 9 heteroatoms. The van der Waals surface area contributed by atoms with Gasteiger partial charge in [-0.2, -0.15) is 5.10 Å². The van der Waals surface area contributed by atoms with Crippen LogP contribution < -0.4 is 0 Å². The number of hydrogen-bond acceptors (Lipinski definition) is 6. The van der Waals surface area contributed by atoms with E-state index in [0.717, 1.165) is 0 Å². The average molecular weight is 288 g/mol. The van der Waals surface area contributed by atoms with Crippen LogP contribution in [0.3, 0.4) is 0 Å². The first-order chi connectivity index (χ1) is 10.1. The van der Waals surface area contributed by atoms with Crippen molar-refractivity contribution < 1.29 is 14.3 Å². The first-order valence-corrected chi connectivity index (χ1v) is 6.19. The molecule has 108 valence electrons. The van der Waals surface area contributed by atoms with E-state index in [9.17, 15) is 4.79 Å². The van der Waals surface area contributed by atoms with Gasteiger partial charge < -0.3 is 9.52 Å². The summed E-state index contributed by atoms with van der Waals surface area (Å²) in [7, 11) is 0. The summed E-state index contributed by atoms with van der Waals surface area (Å²) in [4.78, 5) is 19.2. The lowest BCUT2D eigenvalue weighted by Gasteiger charge is -2.10. The smallest absolute Gasteiger partial charge is 0.325 e. The second-order valence-electron chi connectivity index (χ2n) is 4.37. The summed E-state index contributed by atoms with van der Waals surface area (Å²) in [5.74, 6) is 0.279. The number of aromatic nitrogens is 6. The molecule has 1 atom stereocenters. The quantitative estimate of drug-likeness (QED) is 0.739. The molecule has 3 rings (SSSR count). The van der Waals surface area contributed by atoms with Gasteiger partial charge in [0.25, 0.3) is 0 Å². The van der Waals surface area contributed by atoms with Crippen LogP contribution >= 0.6 is 0 Å². The molecule has 0 aromatic carbocycles. The zero-order chi connectivity index (χ0) is 14.8. The lowest BCUT2D eigenvalue weighted by molar-refractivity contribution is -0.137. The van der Waals surface area contributed by atoms with Crippen molar-refractivity contribution in [1.29, 1.82) is 0 Å². The number of carbonyl (C=O) groups is 1.